The lowest BCUT2D eigenvalue weighted by Gasteiger charge is -2.18. The van der Waals surface area contributed by atoms with Crippen molar-refractivity contribution in [1.82, 2.24) is 0 Å². The number of halogens is 1. The molecule has 0 saturated heterocycles. The molecule has 0 aromatic heterocycles. The van der Waals surface area contributed by atoms with Crippen molar-refractivity contribution in [2.24, 2.45) is 0 Å². The van der Waals surface area contributed by atoms with Gasteiger partial charge in [0.15, 0.2) is 0 Å². The Morgan fingerprint density at radius 1 is 1.14 bits per heavy atom. The van der Waals surface area contributed by atoms with Gasteiger partial charge in [0.2, 0.25) is 0 Å². The fourth-order valence-electron chi connectivity index (χ4n) is 2.85. The quantitative estimate of drug-likeness (QED) is 0.920. The highest BCUT2D eigenvalue weighted by Gasteiger charge is 2.20. The van der Waals surface area contributed by atoms with E-state index in [9.17, 15) is 9.50 Å². The molecule has 0 aliphatic rings. The summed E-state index contributed by atoms with van der Waals surface area (Å²) in [5.41, 5.74) is 4.69. The van der Waals surface area contributed by atoms with Crippen molar-refractivity contribution in [2.45, 2.75) is 33.3 Å². The average Bonchev–Trinajstić information content (AvgIpc) is 2.42. The summed E-state index contributed by atoms with van der Waals surface area (Å²) in [6.07, 6.45) is -0.559. The molecule has 0 fully saturated rings. The molecule has 2 rings (SSSR count). The van der Waals surface area contributed by atoms with E-state index in [2.05, 4.69) is 12.1 Å². The van der Waals surface area contributed by atoms with Crippen LogP contribution in [0.4, 0.5) is 4.39 Å². The van der Waals surface area contributed by atoms with Crippen LogP contribution in [0.25, 0.3) is 0 Å². The third kappa shape index (κ3) is 3.24. The summed E-state index contributed by atoms with van der Waals surface area (Å²) >= 11 is 0. The van der Waals surface area contributed by atoms with Crippen molar-refractivity contribution in [1.29, 1.82) is 0 Å². The Kier molecular flexibility index (Phi) is 4.63. The minimum absolute atomic E-state index is 0.222. The number of methoxy groups -OCH3 is 1. The van der Waals surface area contributed by atoms with Crippen LogP contribution in [0.5, 0.6) is 5.75 Å². The highest BCUT2D eigenvalue weighted by molar-refractivity contribution is 5.41. The van der Waals surface area contributed by atoms with Crippen molar-refractivity contribution in [3.8, 4) is 5.75 Å². The van der Waals surface area contributed by atoms with Gasteiger partial charge in [-0.2, -0.15) is 0 Å². The lowest BCUT2D eigenvalue weighted by molar-refractivity contribution is 0.168. The number of benzene rings is 2. The molecule has 0 aliphatic carbocycles. The molecule has 0 spiro atoms. The fourth-order valence-corrected chi connectivity index (χ4v) is 2.85. The predicted molar refractivity (Wildman–Crippen MR) is 82.3 cm³/mol. The van der Waals surface area contributed by atoms with E-state index in [1.165, 1.54) is 18.7 Å². The highest BCUT2D eigenvalue weighted by Crippen LogP contribution is 2.31. The molecule has 3 heteroatoms. The van der Waals surface area contributed by atoms with Crippen LogP contribution >= 0.6 is 0 Å². The van der Waals surface area contributed by atoms with E-state index in [0.29, 0.717) is 12.2 Å². The van der Waals surface area contributed by atoms with E-state index in [1.807, 2.05) is 20.8 Å². The molecule has 0 heterocycles. The number of ether oxygens (including phenoxy) is 1. The molecule has 0 saturated carbocycles. The Hall–Kier alpha value is -1.87. The van der Waals surface area contributed by atoms with Gasteiger partial charge < -0.3 is 9.84 Å². The summed E-state index contributed by atoms with van der Waals surface area (Å²) in [6, 6.07) is 8.74. The van der Waals surface area contributed by atoms with Crippen molar-refractivity contribution < 1.29 is 14.2 Å². The molecule has 112 valence electrons. The van der Waals surface area contributed by atoms with Crippen LogP contribution < -0.4 is 4.74 Å². The minimum Gasteiger partial charge on any atom is -0.496 e. The van der Waals surface area contributed by atoms with Crippen LogP contribution in [-0.2, 0) is 6.42 Å². The number of hydrogen-bond acceptors (Lipinski definition) is 2. The average molecular weight is 288 g/mol. The first-order chi connectivity index (χ1) is 9.93. The first-order valence-electron chi connectivity index (χ1n) is 7.01. The second-order valence-corrected chi connectivity index (χ2v) is 5.45. The summed E-state index contributed by atoms with van der Waals surface area (Å²) in [5.74, 6) is -0.0609. The Balaban J connectivity index is 2.37. The van der Waals surface area contributed by atoms with Gasteiger partial charge in [0.05, 0.1) is 18.8 Å². The van der Waals surface area contributed by atoms with Crippen molar-refractivity contribution in [3.63, 3.8) is 0 Å². The Morgan fingerprint density at radius 2 is 1.76 bits per heavy atom. The highest BCUT2D eigenvalue weighted by atomic mass is 19.1. The maximum Gasteiger partial charge on any atom is 0.132 e. The normalized spacial score (nSPS) is 12.3. The van der Waals surface area contributed by atoms with Gasteiger partial charge in [0.1, 0.15) is 11.6 Å². The maximum atomic E-state index is 14.0. The first kappa shape index (κ1) is 15.5. The van der Waals surface area contributed by atoms with Gasteiger partial charge in [-0.25, -0.2) is 4.39 Å². The lowest BCUT2D eigenvalue weighted by Crippen LogP contribution is -2.09. The SMILES string of the molecule is COc1cccc(F)c1C(O)Cc1c(C)cc(C)cc1C. The summed E-state index contributed by atoms with van der Waals surface area (Å²) in [7, 11) is 1.48. The van der Waals surface area contributed by atoms with Crippen molar-refractivity contribution >= 4 is 0 Å². The molecular weight excluding hydrogens is 267 g/mol. The maximum absolute atomic E-state index is 14.0. The number of aryl methyl sites for hydroxylation is 3. The Morgan fingerprint density at radius 3 is 2.33 bits per heavy atom. The first-order valence-corrected chi connectivity index (χ1v) is 7.01. The molecule has 0 bridgehead atoms. The van der Waals surface area contributed by atoms with E-state index < -0.39 is 11.9 Å². The number of hydrogen-bond donors (Lipinski definition) is 1. The van der Waals surface area contributed by atoms with Crippen molar-refractivity contribution in [3.05, 3.63) is 64.0 Å². The molecule has 0 aliphatic heterocycles. The van der Waals surface area contributed by atoms with Crippen molar-refractivity contribution in [2.75, 3.05) is 7.11 Å². The number of aliphatic hydroxyl groups is 1. The van der Waals surface area contributed by atoms with Gasteiger partial charge >= 0.3 is 0 Å². The van der Waals surface area contributed by atoms with Crippen LogP contribution in [0.3, 0.4) is 0 Å². The molecule has 2 aromatic rings. The summed E-state index contributed by atoms with van der Waals surface area (Å²) in [4.78, 5) is 0. The second kappa shape index (κ2) is 6.27. The Bertz CT molecular complexity index is 627. The molecule has 1 atom stereocenters. The van der Waals surface area contributed by atoms with Gasteiger partial charge in [-0.3, -0.25) is 0 Å². The number of rotatable bonds is 4. The van der Waals surface area contributed by atoms with Crippen LogP contribution in [0.15, 0.2) is 30.3 Å². The zero-order chi connectivity index (χ0) is 15.6. The molecule has 2 nitrogen and oxygen atoms in total. The van der Waals surface area contributed by atoms with Crippen LogP contribution in [-0.4, -0.2) is 12.2 Å². The summed E-state index contributed by atoms with van der Waals surface area (Å²) in [6.45, 7) is 6.07. The van der Waals surface area contributed by atoms with E-state index in [1.54, 1.807) is 12.1 Å². The summed E-state index contributed by atoms with van der Waals surface area (Å²) in [5, 5.41) is 10.5. The smallest absolute Gasteiger partial charge is 0.132 e. The molecule has 1 N–H and O–H groups in total. The second-order valence-electron chi connectivity index (χ2n) is 5.45. The van der Waals surface area contributed by atoms with Gasteiger partial charge in [-0.05, 0) is 49.6 Å². The third-order valence-corrected chi connectivity index (χ3v) is 3.80. The van der Waals surface area contributed by atoms with Crippen LogP contribution in [0.1, 0.15) is 33.9 Å². The lowest BCUT2D eigenvalue weighted by atomic mass is 9.92. The van der Waals surface area contributed by atoms with Gasteiger partial charge in [-0.1, -0.05) is 23.8 Å². The molecule has 0 amide bonds. The molecular formula is C18H21FO2. The Labute approximate surface area is 125 Å². The van der Waals surface area contributed by atoms with Crippen LogP contribution in [0, 0.1) is 26.6 Å². The molecule has 21 heavy (non-hydrogen) atoms. The minimum atomic E-state index is -0.929. The predicted octanol–water partition coefficient (Wildman–Crippen LogP) is 4.04. The van der Waals surface area contributed by atoms with Crippen LogP contribution in [0.2, 0.25) is 0 Å². The fraction of sp³-hybridized carbons (Fsp3) is 0.333. The zero-order valence-corrected chi connectivity index (χ0v) is 12.9. The monoisotopic (exact) mass is 288 g/mol. The molecule has 2 aromatic carbocycles. The van der Waals surface area contributed by atoms with Gasteiger partial charge in [0, 0.05) is 6.42 Å². The van der Waals surface area contributed by atoms with Gasteiger partial charge in [0.25, 0.3) is 0 Å². The third-order valence-electron chi connectivity index (χ3n) is 3.80. The van der Waals surface area contributed by atoms with E-state index >= 15 is 0 Å². The standard InChI is InChI=1S/C18H21FO2/c1-11-8-12(2)14(13(3)9-11)10-16(20)18-15(19)6-5-7-17(18)21-4/h5-9,16,20H,10H2,1-4H3. The topological polar surface area (TPSA) is 29.5 Å². The largest absolute Gasteiger partial charge is 0.496 e. The van der Waals surface area contributed by atoms with E-state index in [4.69, 9.17) is 4.74 Å². The van der Waals surface area contributed by atoms with E-state index in [0.717, 1.165) is 16.7 Å². The van der Waals surface area contributed by atoms with E-state index in [-0.39, 0.29) is 5.56 Å². The molecule has 1 unspecified atom stereocenters. The van der Waals surface area contributed by atoms with Gasteiger partial charge in [-0.15, -0.1) is 0 Å². The number of aliphatic hydroxyl groups excluding tert-OH is 1. The summed E-state index contributed by atoms with van der Waals surface area (Å²) < 4.78 is 19.2. The molecule has 0 radical (unpaired) electrons. The zero-order valence-electron chi connectivity index (χ0n) is 12.9.